The predicted molar refractivity (Wildman–Crippen MR) is 106 cm³/mol. The van der Waals surface area contributed by atoms with Crippen LogP contribution < -0.4 is 13.8 Å². The second kappa shape index (κ2) is 8.76. The largest absolute Gasteiger partial charge is 0.495 e. The molecule has 0 saturated carbocycles. The number of sulfonamides is 2. The zero-order valence-corrected chi connectivity index (χ0v) is 18.1. The Morgan fingerprint density at radius 1 is 1.29 bits per heavy atom. The monoisotopic (exact) mass is 433 g/mol. The van der Waals surface area contributed by atoms with E-state index in [0.29, 0.717) is 4.31 Å². The highest BCUT2D eigenvalue weighted by atomic mass is 32.2. The fraction of sp³-hybridized carbons (Fsp3) is 0.588. The number of hydrogen-bond donors (Lipinski definition) is 1. The summed E-state index contributed by atoms with van der Waals surface area (Å²) in [4.78, 5) is 13.9. The molecule has 1 N–H and O–H groups in total. The van der Waals surface area contributed by atoms with Gasteiger partial charge in [-0.05, 0) is 38.2 Å². The van der Waals surface area contributed by atoms with E-state index in [2.05, 4.69) is 9.62 Å². The molecule has 0 radical (unpaired) electrons. The summed E-state index contributed by atoms with van der Waals surface area (Å²) in [5.74, 6) is -0.813. The first-order chi connectivity index (χ1) is 13.1. The van der Waals surface area contributed by atoms with Crippen LogP contribution in [-0.4, -0.2) is 66.2 Å². The molecule has 9 nitrogen and oxygen atoms in total. The number of likely N-dealkylation sites (N-methyl/N-ethyl adjacent to an activating group) is 1. The Morgan fingerprint density at radius 2 is 1.93 bits per heavy atom. The Balaban J connectivity index is 2.36. The summed E-state index contributed by atoms with van der Waals surface area (Å²) >= 11 is 0. The number of carbonyl (C=O) groups is 1. The van der Waals surface area contributed by atoms with Gasteiger partial charge in [-0.15, -0.1) is 0 Å². The van der Waals surface area contributed by atoms with E-state index in [1.54, 1.807) is 0 Å². The fourth-order valence-electron chi connectivity index (χ4n) is 3.15. The highest BCUT2D eigenvalue weighted by molar-refractivity contribution is 7.94. The van der Waals surface area contributed by atoms with Crippen LogP contribution >= 0.6 is 0 Å². The molecule has 158 valence electrons. The molecule has 1 heterocycles. The molecule has 1 fully saturated rings. The summed E-state index contributed by atoms with van der Waals surface area (Å²) < 4.78 is 58.4. The van der Waals surface area contributed by atoms with Gasteiger partial charge >= 0.3 is 0 Å². The number of methoxy groups -OCH3 is 1. The molecule has 1 aliphatic rings. The summed E-state index contributed by atoms with van der Waals surface area (Å²) in [5.41, 5.74) is -0.0135. The Hall–Kier alpha value is -1.69. The van der Waals surface area contributed by atoms with E-state index in [1.165, 1.54) is 19.2 Å². The number of hydrogen-bond acceptors (Lipinski definition) is 7. The smallest absolute Gasteiger partial charge is 0.244 e. The molecule has 0 bridgehead atoms. The van der Waals surface area contributed by atoms with Crippen LogP contribution in [0.15, 0.2) is 23.1 Å². The Morgan fingerprint density at radius 3 is 2.43 bits per heavy atom. The highest BCUT2D eigenvalue weighted by Crippen LogP contribution is 2.32. The van der Waals surface area contributed by atoms with Crippen molar-refractivity contribution in [1.82, 2.24) is 9.62 Å². The van der Waals surface area contributed by atoms with Crippen LogP contribution in [0.3, 0.4) is 0 Å². The van der Waals surface area contributed by atoms with Gasteiger partial charge in [0.25, 0.3) is 0 Å². The van der Waals surface area contributed by atoms with Gasteiger partial charge in [0.2, 0.25) is 26.0 Å². The van der Waals surface area contributed by atoms with Gasteiger partial charge in [0.15, 0.2) is 0 Å². The second-order valence-electron chi connectivity index (χ2n) is 6.48. The maximum atomic E-state index is 12.9. The maximum absolute atomic E-state index is 12.9. The molecule has 2 rings (SSSR count). The van der Waals surface area contributed by atoms with Crippen molar-refractivity contribution in [3.63, 3.8) is 0 Å². The van der Waals surface area contributed by atoms with Crippen molar-refractivity contribution in [2.45, 2.75) is 38.1 Å². The van der Waals surface area contributed by atoms with Crippen molar-refractivity contribution in [3.05, 3.63) is 18.2 Å². The maximum Gasteiger partial charge on any atom is 0.244 e. The molecule has 28 heavy (non-hydrogen) atoms. The van der Waals surface area contributed by atoms with Gasteiger partial charge < -0.3 is 4.74 Å². The van der Waals surface area contributed by atoms with Crippen LogP contribution in [-0.2, 0) is 24.8 Å². The minimum absolute atomic E-state index is 0.0135. The lowest BCUT2D eigenvalue weighted by Crippen LogP contribution is -2.42. The molecule has 1 aromatic carbocycles. The molecule has 1 aliphatic heterocycles. The number of nitrogens with zero attached hydrogens (tertiary/aromatic N) is 2. The Labute approximate surface area is 166 Å². The molecule has 0 aliphatic carbocycles. The number of rotatable bonds is 9. The van der Waals surface area contributed by atoms with Crippen LogP contribution in [0.1, 0.15) is 27.2 Å². The van der Waals surface area contributed by atoms with Crippen molar-refractivity contribution < 1.29 is 26.4 Å². The molecule has 0 aromatic heterocycles. The number of amides is 1. The summed E-state index contributed by atoms with van der Waals surface area (Å²) in [6.45, 7) is 7.65. The number of benzene rings is 1. The van der Waals surface area contributed by atoms with Crippen LogP contribution in [0, 0.1) is 0 Å². The third-order valence-corrected chi connectivity index (χ3v) is 7.89. The number of carbonyl (C=O) groups excluding carboxylic acids is 1. The molecular weight excluding hydrogens is 406 g/mol. The van der Waals surface area contributed by atoms with Gasteiger partial charge in [0.1, 0.15) is 10.6 Å². The number of nitrogens with one attached hydrogen (secondary N) is 1. The first-order valence-corrected chi connectivity index (χ1v) is 12.1. The minimum Gasteiger partial charge on any atom is -0.495 e. The highest BCUT2D eigenvalue weighted by Gasteiger charge is 2.37. The Bertz CT molecular complexity index is 926. The van der Waals surface area contributed by atoms with Gasteiger partial charge in [-0.25, -0.2) is 25.9 Å². The minimum atomic E-state index is -3.99. The van der Waals surface area contributed by atoms with E-state index in [-0.39, 0.29) is 41.1 Å². The quantitative estimate of drug-likeness (QED) is 0.612. The normalized spacial score (nSPS) is 17.9. The average Bonchev–Trinajstić information content (AvgIpc) is 2.93. The zero-order valence-electron chi connectivity index (χ0n) is 16.5. The molecule has 1 aromatic rings. The van der Waals surface area contributed by atoms with E-state index >= 15 is 0 Å². The van der Waals surface area contributed by atoms with Gasteiger partial charge in [0.05, 0.1) is 18.6 Å². The van der Waals surface area contributed by atoms with Crippen LogP contribution in [0.2, 0.25) is 0 Å². The summed E-state index contributed by atoms with van der Waals surface area (Å²) in [6.07, 6.45) is -0.129. The molecule has 1 saturated heterocycles. The summed E-state index contributed by atoms with van der Waals surface area (Å²) in [6, 6.07) is 3.83. The lowest BCUT2D eigenvalue weighted by molar-refractivity contribution is -0.116. The van der Waals surface area contributed by atoms with Gasteiger partial charge in [0, 0.05) is 19.0 Å². The standard InChI is InChI=1S/C17H27N3O6S2/c1-5-19(6-2)13(3)12-18-28(24,25)16-11-14(7-8-15(16)26-4)20-17(21)9-10-27(20,22)23/h7-8,11,13,18H,5-6,9-10,12H2,1-4H3. The van der Waals surface area contributed by atoms with Crippen LogP contribution in [0.25, 0.3) is 0 Å². The van der Waals surface area contributed by atoms with Crippen molar-refractivity contribution in [2.24, 2.45) is 0 Å². The van der Waals surface area contributed by atoms with E-state index in [4.69, 9.17) is 4.74 Å². The molecule has 1 atom stereocenters. The second-order valence-corrected chi connectivity index (χ2v) is 10.2. The van der Waals surface area contributed by atoms with E-state index in [1.807, 2.05) is 20.8 Å². The van der Waals surface area contributed by atoms with Crippen LogP contribution in [0.4, 0.5) is 5.69 Å². The Kier molecular flexibility index (Phi) is 7.07. The van der Waals surface area contributed by atoms with E-state index in [9.17, 15) is 21.6 Å². The third-order valence-electron chi connectivity index (χ3n) is 4.75. The SMILES string of the molecule is CCN(CC)C(C)CNS(=O)(=O)c1cc(N2C(=O)CCS2(=O)=O)ccc1OC. The molecule has 11 heteroatoms. The topological polar surface area (TPSA) is 113 Å². The lowest BCUT2D eigenvalue weighted by Gasteiger charge is -2.26. The first kappa shape index (κ1) is 22.6. The molecule has 1 unspecified atom stereocenters. The first-order valence-electron chi connectivity index (χ1n) is 9.05. The lowest BCUT2D eigenvalue weighted by atomic mass is 10.3. The van der Waals surface area contributed by atoms with E-state index < -0.39 is 26.0 Å². The predicted octanol–water partition coefficient (Wildman–Crippen LogP) is 0.770. The number of anilines is 1. The average molecular weight is 434 g/mol. The van der Waals surface area contributed by atoms with Crippen molar-refractivity contribution in [3.8, 4) is 5.75 Å². The van der Waals surface area contributed by atoms with Gasteiger partial charge in [-0.1, -0.05) is 13.8 Å². The summed E-state index contributed by atoms with van der Waals surface area (Å²) in [7, 11) is -6.46. The van der Waals surface area contributed by atoms with E-state index in [0.717, 1.165) is 19.2 Å². The van der Waals surface area contributed by atoms with Gasteiger partial charge in [-0.2, -0.15) is 0 Å². The molecule has 1 amide bonds. The fourth-order valence-corrected chi connectivity index (χ4v) is 5.91. The third kappa shape index (κ3) is 4.65. The van der Waals surface area contributed by atoms with Crippen molar-refractivity contribution in [1.29, 1.82) is 0 Å². The zero-order chi connectivity index (χ0) is 21.1. The van der Waals surface area contributed by atoms with Gasteiger partial charge in [-0.3, -0.25) is 9.69 Å². The molecular formula is C17H27N3O6S2. The van der Waals surface area contributed by atoms with Crippen LogP contribution in [0.5, 0.6) is 5.75 Å². The van der Waals surface area contributed by atoms with Crippen molar-refractivity contribution >= 4 is 31.6 Å². The molecule has 0 spiro atoms. The number of ether oxygens (including phenoxy) is 1. The van der Waals surface area contributed by atoms with Crippen molar-refractivity contribution in [2.75, 3.05) is 36.8 Å². The summed E-state index contributed by atoms with van der Waals surface area (Å²) in [5, 5.41) is 0.